The summed E-state index contributed by atoms with van der Waals surface area (Å²) < 4.78 is 15.6. The van der Waals surface area contributed by atoms with Gasteiger partial charge in [-0.3, -0.25) is 9.59 Å². The van der Waals surface area contributed by atoms with Crippen molar-refractivity contribution in [2.24, 2.45) is 0 Å². The van der Waals surface area contributed by atoms with Crippen LogP contribution in [0.25, 0.3) is 0 Å². The maximum absolute atomic E-state index is 12.0. The van der Waals surface area contributed by atoms with Crippen LogP contribution in [0.3, 0.4) is 0 Å². The zero-order valence-corrected chi connectivity index (χ0v) is 15.7. The first kappa shape index (κ1) is 20.1. The molecular formula is C20H24N2O5. The van der Waals surface area contributed by atoms with Crippen molar-refractivity contribution in [1.82, 2.24) is 10.6 Å². The molecule has 0 radical (unpaired) electrons. The molecule has 0 saturated carbocycles. The molecule has 2 aromatic carbocycles. The van der Waals surface area contributed by atoms with Crippen LogP contribution in [0.5, 0.6) is 17.2 Å². The number of para-hydroxylation sites is 1. The third-order valence-electron chi connectivity index (χ3n) is 3.93. The molecule has 0 bridgehead atoms. The van der Waals surface area contributed by atoms with Gasteiger partial charge in [0.1, 0.15) is 12.2 Å². The number of carbonyl (C=O) groups is 2. The van der Waals surface area contributed by atoms with E-state index in [2.05, 4.69) is 10.6 Å². The van der Waals surface area contributed by atoms with Crippen LogP contribution in [0.2, 0.25) is 0 Å². The summed E-state index contributed by atoms with van der Waals surface area (Å²) in [5.74, 6) is 1.17. The SMILES string of the molecule is COc1ccccc1CNC(=O)CC(=O)NCc1ccc(OC)c(OC)c1. The summed E-state index contributed by atoms with van der Waals surface area (Å²) in [7, 11) is 4.68. The Bertz CT molecular complexity index is 792. The molecule has 0 aromatic heterocycles. The van der Waals surface area contributed by atoms with E-state index < -0.39 is 0 Å². The average molecular weight is 372 g/mol. The molecule has 2 aromatic rings. The molecule has 0 heterocycles. The number of ether oxygens (including phenoxy) is 3. The van der Waals surface area contributed by atoms with Crippen molar-refractivity contribution in [3.63, 3.8) is 0 Å². The number of nitrogens with one attached hydrogen (secondary N) is 2. The van der Waals surface area contributed by atoms with E-state index in [9.17, 15) is 9.59 Å². The first-order chi connectivity index (χ1) is 13.1. The Kier molecular flexibility index (Phi) is 7.49. The van der Waals surface area contributed by atoms with Gasteiger partial charge in [-0.25, -0.2) is 0 Å². The van der Waals surface area contributed by atoms with Gasteiger partial charge < -0.3 is 24.8 Å². The van der Waals surface area contributed by atoms with Crippen molar-refractivity contribution < 1.29 is 23.8 Å². The van der Waals surface area contributed by atoms with Crippen LogP contribution in [0.4, 0.5) is 0 Å². The monoisotopic (exact) mass is 372 g/mol. The van der Waals surface area contributed by atoms with Gasteiger partial charge in [0, 0.05) is 18.7 Å². The Labute approximate surface area is 158 Å². The summed E-state index contributed by atoms with van der Waals surface area (Å²) in [6.07, 6.45) is -0.248. The van der Waals surface area contributed by atoms with Gasteiger partial charge in [-0.2, -0.15) is 0 Å². The standard InChI is InChI=1S/C20H24N2O5/c1-25-16-7-5-4-6-15(16)13-22-20(24)11-19(23)21-12-14-8-9-17(26-2)18(10-14)27-3/h4-10H,11-13H2,1-3H3,(H,21,23)(H,22,24). The second-order valence-corrected chi connectivity index (χ2v) is 5.73. The molecule has 2 N–H and O–H groups in total. The van der Waals surface area contributed by atoms with E-state index in [1.807, 2.05) is 30.3 Å². The number of rotatable bonds is 9. The van der Waals surface area contributed by atoms with E-state index in [4.69, 9.17) is 14.2 Å². The summed E-state index contributed by atoms with van der Waals surface area (Å²) in [6.45, 7) is 0.588. The molecule has 0 atom stereocenters. The van der Waals surface area contributed by atoms with Gasteiger partial charge in [0.05, 0.1) is 21.3 Å². The Morgan fingerprint density at radius 3 is 2.07 bits per heavy atom. The van der Waals surface area contributed by atoms with Gasteiger partial charge in [-0.15, -0.1) is 0 Å². The van der Waals surface area contributed by atoms with E-state index in [1.54, 1.807) is 33.5 Å². The average Bonchev–Trinajstić information content (AvgIpc) is 2.70. The molecule has 7 heteroatoms. The lowest BCUT2D eigenvalue weighted by Crippen LogP contribution is -2.31. The predicted octanol–water partition coefficient (Wildman–Crippen LogP) is 2.04. The Balaban J connectivity index is 1.80. The minimum absolute atomic E-state index is 0.248. The maximum Gasteiger partial charge on any atom is 0.229 e. The Morgan fingerprint density at radius 2 is 1.41 bits per heavy atom. The number of carbonyl (C=O) groups excluding carboxylic acids is 2. The molecule has 2 rings (SSSR count). The summed E-state index contributed by atoms with van der Waals surface area (Å²) in [5, 5.41) is 5.44. The normalized spacial score (nSPS) is 10.0. The highest BCUT2D eigenvalue weighted by atomic mass is 16.5. The second kappa shape index (κ2) is 10.1. The van der Waals surface area contributed by atoms with Crippen molar-refractivity contribution in [2.75, 3.05) is 21.3 Å². The minimum atomic E-state index is -0.359. The van der Waals surface area contributed by atoms with Gasteiger partial charge in [0.25, 0.3) is 0 Å². The summed E-state index contributed by atoms with van der Waals surface area (Å²) in [6, 6.07) is 12.8. The molecular weight excluding hydrogens is 348 g/mol. The molecule has 7 nitrogen and oxygen atoms in total. The van der Waals surface area contributed by atoms with Gasteiger partial charge in [-0.05, 0) is 23.8 Å². The fourth-order valence-electron chi connectivity index (χ4n) is 2.50. The predicted molar refractivity (Wildman–Crippen MR) is 101 cm³/mol. The Hall–Kier alpha value is -3.22. The van der Waals surface area contributed by atoms with Crippen LogP contribution in [0, 0.1) is 0 Å². The molecule has 0 aliphatic carbocycles. The molecule has 144 valence electrons. The van der Waals surface area contributed by atoms with E-state index in [0.717, 1.165) is 11.1 Å². The molecule has 27 heavy (non-hydrogen) atoms. The second-order valence-electron chi connectivity index (χ2n) is 5.73. The van der Waals surface area contributed by atoms with E-state index in [0.29, 0.717) is 30.3 Å². The molecule has 0 unspecified atom stereocenters. The van der Waals surface area contributed by atoms with Crippen molar-refractivity contribution >= 4 is 11.8 Å². The molecule has 0 fully saturated rings. The van der Waals surface area contributed by atoms with Gasteiger partial charge >= 0.3 is 0 Å². The quantitative estimate of drug-likeness (QED) is 0.658. The van der Waals surface area contributed by atoms with Crippen LogP contribution in [0.1, 0.15) is 17.5 Å². The zero-order chi connectivity index (χ0) is 19.6. The van der Waals surface area contributed by atoms with Crippen LogP contribution in [0.15, 0.2) is 42.5 Å². The smallest absolute Gasteiger partial charge is 0.229 e. The highest BCUT2D eigenvalue weighted by molar-refractivity contribution is 5.96. The number of hydrogen-bond donors (Lipinski definition) is 2. The topological polar surface area (TPSA) is 85.9 Å². The lowest BCUT2D eigenvalue weighted by molar-refractivity contribution is -0.129. The summed E-state index contributed by atoms with van der Waals surface area (Å²) in [5.41, 5.74) is 1.69. The number of amides is 2. The van der Waals surface area contributed by atoms with Crippen LogP contribution in [-0.4, -0.2) is 33.1 Å². The third kappa shape index (κ3) is 5.91. The molecule has 2 amide bonds. The van der Waals surface area contributed by atoms with Crippen LogP contribution >= 0.6 is 0 Å². The highest BCUT2D eigenvalue weighted by Crippen LogP contribution is 2.27. The Morgan fingerprint density at radius 1 is 0.778 bits per heavy atom. The third-order valence-corrected chi connectivity index (χ3v) is 3.93. The van der Waals surface area contributed by atoms with Crippen LogP contribution < -0.4 is 24.8 Å². The highest BCUT2D eigenvalue weighted by Gasteiger charge is 2.11. The molecule has 0 aliphatic rings. The van der Waals surface area contributed by atoms with Crippen molar-refractivity contribution in [2.45, 2.75) is 19.5 Å². The minimum Gasteiger partial charge on any atom is -0.496 e. The largest absolute Gasteiger partial charge is 0.496 e. The number of hydrogen-bond acceptors (Lipinski definition) is 5. The summed E-state index contributed by atoms with van der Waals surface area (Å²) in [4.78, 5) is 24.0. The summed E-state index contributed by atoms with van der Waals surface area (Å²) >= 11 is 0. The first-order valence-electron chi connectivity index (χ1n) is 8.43. The van der Waals surface area contributed by atoms with E-state index in [-0.39, 0.29) is 18.2 Å². The maximum atomic E-state index is 12.0. The van der Waals surface area contributed by atoms with Crippen molar-refractivity contribution in [3.05, 3.63) is 53.6 Å². The van der Waals surface area contributed by atoms with Gasteiger partial charge in [0.15, 0.2) is 11.5 Å². The molecule has 0 saturated heterocycles. The number of benzene rings is 2. The number of methoxy groups -OCH3 is 3. The molecule has 0 spiro atoms. The van der Waals surface area contributed by atoms with E-state index >= 15 is 0 Å². The fourth-order valence-corrected chi connectivity index (χ4v) is 2.50. The van der Waals surface area contributed by atoms with E-state index in [1.165, 1.54) is 0 Å². The lowest BCUT2D eigenvalue weighted by atomic mass is 10.2. The van der Waals surface area contributed by atoms with Crippen molar-refractivity contribution in [1.29, 1.82) is 0 Å². The first-order valence-corrected chi connectivity index (χ1v) is 8.43. The fraction of sp³-hybridized carbons (Fsp3) is 0.300. The lowest BCUT2D eigenvalue weighted by Gasteiger charge is -2.11. The van der Waals surface area contributed by atoms with Gasteiger partial charge in [0.2, 0.25) is 11.8 Å². The zero-order valence-electron chi connectivity index (χ0n) is 15.7. The van der Waals surface area contributed by atoms with Crippen molar-refractivity contribution in [3.8, 4) is 17.2 Å². The molecule has 0 aliphatic heterocycles. The van der Waals surface area contributed by atoms with Crippen LogP contribution in [-0.2, 0) is 22.7 Å². The van der Waals surface area contributed by atoms with Gasteiger partial charge in [-0.1, -0.05) is 24.3 Å².